The molecule has 0 aliphatic carbocycles. The summed E-state index contributed by atoms with van der Waals surface area (Å²) in [4.78, 5) is 12.1. The van der Waals surface area contributed by atoms with Crippen molar-refractivity contribution in [2.45, 2.75) is 13.3 Å². The van der Waals surface area contributed by atoms with Crippen LogP contribution in [0.3, 0.4) is 0 Å². The molecule has 3 heteroatoms. The Hall–Kier alpha value is -0.340. The summed E-state index contributed by atoms with van der Waals surface area (Å²) in [6.45, 7) is 1.94. The summed E-state index contributed by atoms with van der Waals surface area (Å²) in [5, 5.41) is 1.93. The fourth-order valence-electron chi connectivity index (χ4n) is 0.858. The van der Waals surface area contributed by atoms with E-state index in [-0.39, 0.29) is 5.78 Å². The Morgan fingerprint density at radius 1 is 1.73 bits per heavy atom. The van der Waals surface area contributed by atoms with Crippen molar-refractivity contribution >= 4 is 28.7 Å². The van der Waals surface area contributed by atoms with Gasteiger partial charge >= 0.3 is 0 Å². The predicted molar refractivity (Wildman–Crippen MR) is 48.7 cm³/mol. The van der Waals surface area contributed by atoms with E-state index in [0.717, 1.165) is 10.4 Å². The van der Waals surface area contributed by atoms with Gasteiger partial charge in [0.15, 0.2) is 5.78 Å². The highest BCUT2D eigenvalue weighted by molar-refractivity contribution is 7.12. The number of aryl methyl sites for hydroxylation is 1. The van der Waals surface area contributed by atoms with Crippen LogP contribution in [0.2, 0.25) is 0 Å². The summed E-state index contributed by atoms with van der Waals surface area (Å²) in [7, 11) is 0. The second-order valence-electron chi connectivity index (χ2n) is 2.29. The van der Waals surface area contributed by atoms with Crippen LogP contribution < -0.4 is 0 Å². The van der Waals surface area contributed by atoms with E-state index in [4.69, 9.17) is 11.6 Å². The molecule has 0 N–H and O–H groups in total. The Balaban J connectivity index is 2.76. The molecule has 0 unspecified atom stereocenters. The molecule has 0 aromatic carbocycles. The van der Waals surface area contributed by atoms with Gasteiger partial charge < -0.3 is 0 Å². The minimum atomic E-state index is 0.160. The predicted octanol–water partition coefficient (Wildman–Crippen LogP) is 2.87. The molecule has 0 aliphatic heterocycles. The second kappa shape index (κ2) is 3.88. The summed E-state index contributed by atoms with van der Waals surface area (Å²) in [5.41, 5.74) is 1.06. The van der Waals surface area contributed by atoms with E-state index in [1.54, 1.807) is 0 Å². The maximum atomic E-state index is 11.3. The summed E-state index contributed by atoms with van der Waals surface area (Å²) < 4.78 is 0. The molecule has 11 heavy (non-hydrogen) atoms. The lowest BCUT2D eigenvalue weighted by Gasteiger charge is -1.94. The molecule has 0 saturated carbocycles. The zero-order valence-corrected chi connectivity index (χ0v) is 7.84. The molecule has 0 spiro atoms. The number of hydrogen-bond acceptors (Lipinski definition) is 2. The van der Waals surface area contributed by atoms with Crippen LogP contribution in [0.15, 0.2) is 11.4 Å². The number of thiophene rings is 1. The number of carbonyl (C=O) groups is 1. The summed E-state index contributed by atoms with van der Waals surface area (Å²) in [6, 6.07) is 1.95. The number of Topliss-reactive ketones (excluding diaryl/α,β-unsaturated/α-hetero) is 1. The van der Waals surface area contributed by atoms with Crippen molar-refractivity contribution in [1.82, 2.24) is 0 Å². The van der Waals surface area contributed by atoms with E-state index in [1.165, 1.54) is 11.3 Å². The zero-order chi connectivity index (χ0) is 8.27. The molecule has 1 nitrogen and oxygen atoms in total. The van der Waals surface area contributed by atoms with Crippen LogP contribution >= 0.6 is 22.9 Å². The molecular formula is C8H9ClOS. The van der Waals surface area contributed by atoms with E-state index in [2.05, 4.69) is 0 Å². The number of halogens is 1. The molecule has 0 atom stereocenters. The largest absolute Gasteiger partial charge is 0.293 e. The Kier molecular flexibility index (Phi) is 3.09. The molecule has 60 valence electrons. The lowest BCUT2D eigenvalue weighted by Crippen LogP contribution is -1.97. The molecule has 0 radical (unpaired) electrons. The number of hydrogen-bond donors (Lipinski definition) is 0. The Morgan fingerprint density at radius 2 is 2.45 bits per heavy atom. The monoisotopic (exact) mass is 188 g/mol. The van der Waals surface area contributed by atoms with Crippen molar-refractivity contribution in [3.63, 3.8) is 0 Å². The van der Waals surface area contributed by atoms with Crippen LogP contribution in [-0.4, -0.2) is 11.7 Å². The number of carbonyl (C=O) groups excluding carboxylic acids is 1. The molecule has 0 fully saturated rings. The Morgan fingerprint density at radius 3 is 2.91 bits per heavy atom. The average Bonchev–Trinajstić information content (AvgIpc) is 2.36. The Labute approximate surface area is 75.0 Å². The third-order valence-corrected chi connectivity index (χ3v) is 2.68. The maximum Gasteiger partial charge on any atom is 0.174 e. The summed E-state index contributed by atoms with van der Waals surface area (Å²) >= 11 is 6.94. The smallest absolute Gasteiger partial charge is 0.174 e. The van der Waals surface area contributed by atoms with Crippen LogP contribution in [0.25, 0.3) is 0 Å². The highest BCUT2D eigenvalue weighted by Gasteiger charge is 2.08. The van der Waals surface area contributed by atoms with Gasteiger partial charge in [-0.05, 0) is 23.9 Å². The van der Waals surface area contributed by atoms with Gasteiger partial charge in [-0.15, -0.1) is 22.9 Å². The molecule has 0 saturated heterocycles. The molecule has 0 amide bonds. The van der Waals surface area contributed by atoms with Gasteiger partial charge in [0.25, 0.3) is 0 Å². The highest BCUT2D eigenvalue weighted by atomic mass is 35.5. The van der Waals surface area contributed by atoms with Crippen LogP contribution in [0.4, 0.5) is 0 Å². The SMILES string of the molecule is Cc1ccsc1C(=O)CCCl. The molecule has 0 bridgehead atoms. The first kappa shape index (κ1) is 8.75. The van der Waals surface area contributed by atoms with Gasteiger partial charge in [0, 0.05) is 12.3 Å². The Bertz CT molecular complexity index is 254. The lowest BCUT2D eigenvalue weighted by atomic mass is 10.2. The first-order valence-electron chi connectivity index (χ1n) is 3.39. The lowest BCUT2D eigenvalue weighted by molar-refractivity contribution is 0.0992. The van der Waals surface area contributed by atoms with Gasteiger partial charge in [-0.1, -0.05) is 0 Å². The minimum Gasteiger partial charge on any atom is -0.293 e. The quantitative estimate of drug-likeness (QED) is 0.527. The van der Waals surface area contributed by atoms with Crippen LogP contribution in [0.1, 0.15) is 21.7 Å². The second-order valence-corrected chi connectivity index (χ2v) is 3.59. The summed E-state index contributed by atoms with van der Waals surface area (Å²) in [5.74, 6) is 0.573. The molecule has 1 aromatic heterocycles. The van der Waals surface area contributed by atoms with Crippen LogP contribution in [-0.2, 0) is 0 Å². The third-order valence-electron chi connectivity index (χ3n) is 1.44. The molecule has 1 heterocycles. The van der Waals surface area contributed by atoms with Crippen molar-refractivity contribution in [3.05, 3.63) is 21.9 Å². The first-order chi connectivity index (χ1) is 5.25. The van der Waals surface area contributed by atoms with Crippen LogP contribution in [0.5, 0.6) is 0 Å². The number of rotatable bonds is 3. The molecular weight excluding hydrogens is 180 g/mol. The number of ketones is 1. The van der Waals surface area contributed by atoms with Crippen molar-refractivity contribution in [2.75, 3.05) is 5.88 Å². The minimum absolute atomic E-state index is 0.160. The van der Waals surface area contributed by atoms with Crippen LogP contribution in [0, 0.1) is 6.92 Å². The normalized spacial score (nSPS) is 10.0. The van der Waals surface area contributed by atoms with E-state index >= 15 is 0 Å². The van der Waals surface area contributed by atoms with E-state index in [9.17, 15) is 4.79 Å². The van der Waals surface area contributed by atoms with Gasteiger partial charge in [-0.2, -0.15) is 0 Å². The van der Waals surface area contributed by atoms with E-state index in [1.807, 2.05) is 18.4 Å². The van der Waals surface area contributed by atoms with E-state index in [0.29, 0.717) is 12.3 Å². The van der Waals surface area contributed by atoms with Crippen molar-refractivity contribution in [1.29, 1.82) is 0 Å². The molecule has 1 aromatic rings. The first-order valence-corrected chi connectivity index (χ1v) is 4.80. The van der Waals surface area contributed by atoms with Gasteiger partial charge in [-0.3, -0.25) is 4.79 Å². The molecule has 0 aliphatic rings. The standard InChI is InChI=1S/C8H9ClOS/c1-6-3-5-11-8(6)7(10)2-4-9/h3,5H,2,4H2,1H3. The van der Waals surface area contributed by atoms with Gasteiger partial charge in [0.1, 0.15) is 0 Å². The average molecular weight is 189 g/mol. The topological polar surface area (TPSA) is 17.1 Å². The van der Waals surface area contributed by atoms with Crippen molar-refractivity contribution in [3.8, 4) is 0 Å². The summed E-state index contributed by atoms with van der Waals surface area (Å²) in [6.07, 6.45) is 0.447. The van der Waals surface area contributed by atoms with Gasteiger partial charge in [0.2, 0.25) is 0 Å². The fraction of sp³-hybridized carbons (Fsp3) is 0.375. The number of alkyl halides is 1. The maximum absolute atomic E-state index is 11.3. The van der Waals surface area contributed by atoms with Gasteiger partial charge in [-0.25, -0.2) is 0 Å². The third kappa shape index (κ3) is 2.04. The molecule has 1 rings (SSSR count). The van der Waals surface area contributed by atoms with Crippen molar-refractivity contribution < 1.29 is 4.79 Å². The van der Waals surface area contributed by atoms with Gasteiger partial charge in [0.05, 0.1) is 4.88 Å². The zero-order valence-electron chi connectivity index (χ0n) is 6.26. The fourth-order valence-corrected chi connectivity index (χ4v) is 1.93. The van der Waals surface area contributed by atoms with E-state index < -0.39 is 0 Å². The van der Waals surface area contributed by atoms with Crippen molar-refractivity contribution in [2.24, 2.45) is 0 Å². The highest BCUT2D eigenvalue weighted by Crippen LogP contribution is 2.17.